The molecule has 1 rings (SSSR count). The van der Waals surface area contributed by atoms with Gasteiger partial charge in [0.15, 0.2) is 0 Å². The molecule has 1 aromatic rings. The Morgan fingerprint density at radius 2 is 1.75 bits per heavy atom. The van der Waals surface area contributed by atoms with Crippen LogP contribution in [0.1, 0.15) is 16.8 Å². The second kappa shape index (κ2) is 6.06. The van der Waals surface area contributed by atoms with Gasteiger partial charge in [0.25, 0.3) is 5.91 Å². The van der Waals surface area contributed by atoms with Crippen molar-refractivity contribution in [2.75, 3.05) is 5.32 Å². The molecular weight excluding hydrogens is 274 g/mol. The van der Waals surface area contributed by atoms with Crippen LogP contribution in [0.2, 0.25) is 0 Å². The lowest BCUT2D eigenvalue weighted by Crippen LogP contribution is -2.39. The zero-order valence-electron chi connectivity index (χ0n) is 10.2. The van der Waals surface area contributed by atoms with Gasteiger partial charge in [-0.25, -0.2) is 8.78 Å². The number of rotatable bonds is 5. The summed E-state index contributed by atoms with van der Waals surface area (Å²) in [7, 11) is 0. The standard InChI is InChI=1S/C11H12F2N4O3/c12-5-2-6(13)8(1-4(5)10(16)19)17-11(20)7(14)3-9(15)18/h1-2,7H,3,14H2,(H2,15,18)(H2,16,19)(H,17,20). The van der Waals surface area contributed by atoms with E-state index >= 15 is 0 Å². The molecule has 0 spiro atoms. The normalized spacial score (nSPS) is 11.8. The summed E-state index contributed by atoms with van der Waals surface area (Å²) >= 11 is 0. The SMILES string of the molecule is NC(=O)CC(N)C(=O)Nc1cc(C(N)=O)c(F)cc1F. The zero-order chi connectivity index (χ0) is 15.4. The maximum Gasteiger partial charge on any atom is 0.251 e. The Hall–Kier alpha value is -2.55. The molecule has 0 radical (unpaired) electrons. The zero-order valence-corrected chi connectivity index (χ0v) is 10.2. The summed E-state index contributed by atoms with van der Waals surface area (Å²) < 4.78 is 26.7. The first-order valence-electron chi connectivity index (χ1n) is 5.36. The first-order valence-corrected chi connectivity index (χ1v) is 5.36. The van der Waals surface area contributed by atoms with Crippen LogP contribution >= 0.6 is 0 Å². The van der Waals surface area contributed by atoms with E-state index in [1.807, 2.05) is 5.32 Å². The van der Waals surface area contributed by atoms with Gasteiger partial charge in [0.2, 0.25) is 11.8 Å². The fraction of sp³-hybridized carbons (Fsp3) is 0.182. The highest BCUT2D eigenvalue weighted by atomic mass is 19.1. The van der Waals surface area contributed by atoms with Crippen LogP contribution in [0, 0.1) is 11.6 Å². The molecule has 1 atom stereocenters. The highest BCUT2D eigenvalue weighted by Gasteiger charge is 2.19. The number of nitrogens with one attached hydrogen (secondary N) is 1. The highest BCUT2D eigenvalue weighted by molar-refractivity contribution is 5.99. The van der Waals surface area contributed by atoms with E-state index in [1.165, 1.54) is 0 Å². The van der Waals surface area contributed by atoms with Gasteiger partial charge in [-0.15, -0.1) is 0 Å². The van der Waals surface area contributed by atoms with E-state index in [9.17, 15) is 23.2 Å². The number of nitrogens with two attached hydrogens (primary N) is 3. The van der Waals surface area contributed by atoms with Gasteiger partial charge in [-0.2, -0.15) is 0 Å². The number of amides is 3. The largest absolute Gasteiger partial charge is 0.370 e. The Morgan fingerprint density at radius 3 is 2.25 bits per heavy atom. The van der Waals surface area contributed by atoms with Crippen molar-refractivity contribution in [3.8, 4) is 0 Å². The summed E-state index contributed by atoms with van der Waals surface area (Å²) in [6.07, 6.45) is -0.447. The Balaban J connectivity index is 2.97. The van der Waals surface area contributed by atoms with Crippen molar-refractivity contribution in [3.63, 3.8) is 0 Å². The summed E-state index contributed by atoms with van der Waals surface area (Å²) in [6, 6.07) is -0.161. The summed E-state index contributed by atoms with van der Waals surface area (Å²) in [4.78, 5) is 33.1. The van der Waals surface area contributed by atoms with Crippen molar-refractivity contribution in [1.82, 2.24) is 0 Å². The Morgan fingerprint density at radius 1 is 1.15 bits per heavy atom. The predicted molar refractivity (Wildman–Crippen MR) is 65.3 cm³/mol. The van der Waals surface area contributed by atoms with Crippen LogP contribution in [0.25, 0.3) is 0 Å². The first-order chi connectivity index (χ1) is 9.22. The van der Waals surface area contributed by atoms with E-state index in [2.05, 4.69) is 0 Å². The molecule has 7 N–H and O–H groups in total. The van der Waals surface area contributed by atoms with Gasteiger partial charge in [-0.05, 0) is 6.07 Å². The average Bonchev–Trinajstić information content (AvgIpc) is 2.30. The van der Waals surface area contributed by atoms with Gasteiger partial charge in [-0.1, -0.05) is 0 Å². The molecule has 0 saturated carbocycles. The fourth-order valence-electron chi connectivity index (χ4n) is 1.37. The smallest absolute Gasteiger partial charge is 0.251 e. The third-order valence-corrected chi connectivity index (χ3v) is 2.34. The number of carbonyl (C=O) groups excluding carboxylic acids is 3. The van der Waals surface area contributed by atoms with E-state index in [1.54, 1.807) is 0 Å². The molecule has 1 aromatic carbocycles. The fourth-order valence-corrected chi connectivity index (χ4v) is 1.37. The predicted octanol–water partition coefficient (Wildman–Crippen LogP) is -0.795. The molecule has 0 bridgehead atoms. The molecule has 108 valence electrons. The van der Waals surface area contributed by atoms with E-state index in [0.29, 0.717) is 6.07 Å². The number of hydrogen-bond acceptors (Lipinski definition) is 4. The van der Waals surface area contributed by atoms with Gasteiger partial charge < -0.3 is 22.5 Å². The second-order valence-electron chi connectivity index (χ2n) is 3.94. The van der Waals surface area contributed by atoms with Gasteiger partial charge in [0, 0.05) is 6.07 Å². The lowest BCUT2D eigenvalue weighted by Gasteiger charge is -2.12. The van der Waals surface area contributed by atoms with Crippen molar-refractivity contribution in [2.45, 2.75) is 12.5 Å². The van der Waals surface area contributed by atoms with Crippen LogP contribution in [-0.4, -0.2) is 23.8 Å². The first kappa shape index (κ1) is 15.5. The second-order valence-corrected chi connectivity index (χ2v) is 3.94. The Bertz CT molecular complexity index is 577. The minimum atomic E-state index is -1.30. The number of halogens is 2. The van der Waals surface area contributed by atoms with Crippen molar-refractivity contribution < 1.29 is 23.2 Å². The van der Waals surface area contributed by atoms with Crippen LogP contribution in [0.3, 0.4) is 0 Å². The minimum absolute atomic E-state index is 0.398. The topological polar surface area (TPSA) is 141 Å². The van der Waals surface area contributed by atoms with Gasteiger partial charge in [-0.3, -0.25) is 14.4 Å². The monoisotopic (exact) mass is 286 g/mol. The molecule has 0 aromatic heterocycles. The number of hydrogen-bond donors (Lipinski definition) is 4. The molecule has 7 nitrogen and oxygen atoms in total. The van der Waals surface area contributed by atoms with Crippen LogP contribution in [0.4, 0.5) is 14.5 Å². The lowest BCUT2D eigenvalue weighted by atomic mass is 10.1. The molecular formula is C11H12F2N4O3. The van der Waals surface area contributed by atoms with Crippen LogP contribution in [0.5, 0.6) is 0 Å². The molecule has 3 amide bonds. The summed E-state index contributed by atoms with van der Waals surface area (Å²) in [6.45, 7) is 0. The molecule has 0 aliphatic rings. The quantitative estimate of drug-likeness (QED) is 0.562. The van der Waals surface area contributed by atoms with Crippen molar-refractivity contribution in [1.29, 1.82) is 0 Å². The summed E-state index contributed by atoms with van der Waals surface area (Å²) in [5.74, 6) is -5.13. The number of primary amides is 2. The van der Waals surface area contributed by atoms with E-state index in [4.69, 9.17) is 17.2 Å². The maximum absolute atomic E-state index is 13.4. The van der Waals surface area contributed by atoms with Gasteiger partial charge >= 0.3 is 0 Å². The molecule has 0 fully saturated rings. The third kappa shape index (κ3) is 3.72. The van der Waals surface area contributed by atoms with E-state index < -0.39 is 53.1 Å². The van der Waals surface area contributed by atoms with E-state index in [0.717, 1.165) is 6.07 Å². The molecule has 0 saturated heterocycles. The molecule has 9 heteroatoms. The van der Waals surface area contributed by atoms with Crippen molar-refractivity contribution in [2.24, 2.45) is 17.2 Å². The third-order valence-electron chi connectivity index (χ3n) is 2.34. The molecule has 0 aliphatic carbocycles. The summed E-state index contributed by atoms with van der Waals surface area (Å²) in [5.41, 5.74) is 14.0. The van der Waals surface area contributed by atoms with Gasteiger partial charge in [0.05, 0.1) is 23.7 Å². The Kier molecular flexibility index (Phi) is 4.70. The number of benzene rings is 1. The molecule has 1 unspecified atom stereocenters. The average molecular weight is 286 g/mol. The maximum atomic E-state index is 13.4. The molecule has 0 heterocycles. The van der Waals surface area contributed by atoms with Crippen LogP contribution in [0.15, 0.2) is 12.1 Å². The van der Waals surface area contributed by atoms with Crippen LogP contribution in [-0.2, 0) is 9.59 Å². The molecule has 20 heavy (non-hydrogen) atoms. The Labute approximate surface area is 112 Å². The van der Waals surface area contributed by atoms with Gasteiger partial charge in [0.1, 0.15) is 11.6 Å². The summed E-state index contributed by atoms with van der Waals surface area (Å²) in [5, 5.41) is 2.02. The number of carbonyl (C=O) groups is 3. The minimum Gasteiger partial charge on any atom is -0.370 e. The highest BCUT2D eigenvalue weighted by Crippen LogP contribution is 2.19. The van der Waals surface area contributed by atoms with Crippen molar-refractivity contribution >= 4 is 23.4 Å². The lowest BCUT2D eigenvalue weighted by molar-refractivity contribution is -0.123. The number of anilines is 1. The van der Waals surface area contributed by atoms with Crippen LogP contribution < -0.4 is 22.5 Å². The van der Waals surface area contributed by atoms with Crippen molar-refractivity contribution in [3.05, 3.63) is 29.3 Å². The van der Waals surface area contributed by atoms with E-state index in [-0.39, 0.29) is 0 Å². The molecule has 0 aliphatic heterocycles.